The minimum Gasteiger partial charge on any atom is -0.394 e. The normalized spacial score (nSPS) is 44.8. The van der Waals surface area contributed by atoms with E-state index in [-0.39, 0.29) is 18.3 Å². The van der Waals surface area contributed by atoms with Gasteiger partial charge in [0.05, 0.1) is 24.9 Å². The molecule has 0 aromatic heterocycles. The van der Waals surface area contributed by atoms with Crippen LogP contribution in [0.4, 0.5) is 0 Å². The Morgan fingerprint density at radius 3 is 3.11 bits per heavy atom. The monoisotopic (exact) mass is 287 g/mol. The highest BCUT2D eigenvalue weighted by atomic mass is 32.2. The summed E-state index contributed by atoms with van der Waals surface area (Å²) in [4.78, 5) is 2.55. The summed E-state index contributed by atoms with van der Waals surface area (Å²) in [5, 5.41) is 9.32. The molecule has 3 fully saturated rings. The molecule has 0 bridgehead atoms. The maximum Gasteiger partial charge on any atom is 0.0933 e. The largest absolute Gasteiger partial charge is 0.394 e. The molecule has 4 unspecified atom stereocenters. The van der Waals surface area contributed by atoms with Gasteiger partial charge < -0.3 is 14.6 Å². The highest BCUT2D eigenvalue weighted by Gasteiger charge is 2.43. The van der Waals surface area contributed by atoms with Crippen molar-refractivity contribution in [2.75, 3.05) is 37.9 Å². The number of hydrogen-bond donors (Lipinski definition) is 1. The van der Waals surface area contributed by atoms with Crippen molar-refractivity contribution in [3.63, 3.8) is 0 Å². The van der Waals surface area contributed by atoms with Crippen LogP contribution in [0.15, 0.2) is 0 Å². The van der Waals surface area contributed by atoms with Crippen molar-refractivity contribution in [3.8, 4) is 0 Å². The van der Waals surface area contributed by atoms with Crippen molar-refractivity contribution < 1.29 is 14.6 Å². The van der Waals surface area contributed by atoms with E-state index >= 15 is 0 Å². The molecule has 3 aliphatic heterocycles. The molecule has 4 atom stereocenters. The van der Waals surface area contributed by atoms with Crippen LogP contribution in [-0.2, 0) is 9.47 Å². The Balaban J connectivity index is 1.66. The Hall–Kier alpha value is 0.190. The average molecular weight is 287 g/mol. The first kappa shape index (κ1) is 14.1. The summed E-state index contributed by atoms with van der Waals surface area (Å²) in [6, 6.07) is 1.05. The lowest BCUT2D eigenvalue weighted by atomic mass is 9.88. The van der Waals surface area contributed by atoms with Crippen LogP contribution in [0.3, 0.4) is 0 Å². The molecule has 4 nitrogen and oxygen atoms in total. The molecule has 1 spiro atoms. The van der Waals surface area contributed by atoms with Gasteiger partial charge in [0.1, 0.15) is 0 Å². The molecule has 1 N–H and O–H groups in total. The van der Waals surface area contributed by atoms with E-state index in [0.717, 1.165) is 38.4 Å². The van der Waals surface area contributed by atoms with Crippen LogP contribution in [0.25, 0.3) is 0 Å². The number of morpholine rings is 1. The van der Waals surface area contributed by atoms with E-state index in [0.29, 0.717) is 12.1 Å². The summed E-state index contributed by atoms with van der Waals surface area (Å²) in [5.74, 6) is 2.40. The second-order valence-corrected chi connectivity index (χ2v) is 7.27. The van der Waals surface area contributed by atoms with E-state index in [1.165, 1.54) is 12.2 Å². The van der Waals surface area contributed by atoms with Crippen molar-refractivity contribution in [2.24, 2.45) is 0 Å². The summed E-state index contributed by atoms with van der Waals surface area (Å²) in [5.41, 5.74) is 0.139. The quantitative estimate of drug-likeness (QED) is 0.824. The summed E-state index contributed by atoms with van der Waals surface area (Å²) in [7, 11) is 0. The zero-order chi connectivity index (χ0) is 13.3. The maximum absolute atomic E-state index is 9.32. The molecule has 5 heteroatoms. The molecule has 19 heavy (non-hydrogen) atoms. The molecule has 0 amide bonds. The number of nitrogens with zero attached hydrogens (tertiary/aromatic N) is 1. The van der Waals surface area contributed by atoms with Crippen LogP contribution in [0.1, 0.15) is 26.2 Å². The van der Waals surface area contributed by atoms with E-state index in [1.807, 2.05) is 11.8 Å². The molecule has 0 radical (unpaired) electrons. The van der Waals surface area contributed by atoms with Gasteiger partial charge in [-0.1, -0.05) is 0 Å². The molecular weight excluding hydrogens is 262 g/mol. The van der Waals surface area contributed by atoms with Gasteiger partial charge in [-0.2, -0.15) is 11.8 Å². The fraction of sp³-hybridized carbons (Fsp3) is 1.00. The van der Waals surface area contributed by atoms with E-state index in [2.05, 4.69) is 11.8 Å². The van der Waals surface area contributed by atoms with Crippen LogP contribution in [0.5, 0.6) is 0 Å². The molecule has 3 heterocycles. The van der Waals surface area contributed by atoms with Crippen molar-refractivity contribution >= 4 is 11.8 Å². The van der Waals surface area contributed by atoms with Crippen LogP contribution in [-0.4, -0.2) is 71.7 Å². The summed E-state index contributed by atoms with van der Waals surface area (Å²) in [6.45, 7) is 4.86. The molecule has 3 saturated heterocycles. The van der Waals surface area contributed by atoms with E-state index in [9.17, 15) is 5.11 Å². The van der Waals surface area contributed by atoms with E-state index in [1.54, 1.807) is 0 Å². The fourth-order valence-electron chi connectivity index (χ4n) is 3.61. The van der Waals surface area contributed by atoms with Crippen LogP contribution < -0.4 is 0 Å². The molecule has 3 aliphatic rings. The fourth-order valence-corrected chi connectivity index (χ4v) is 4.98. The van der Waals surface area contributed by atoms with Gasteiger partial charge in [0.15, 0.2) is 0 Å². The molecule has 0 aromatic carbocycles. The van der Waals surface area contributed by atoms with E-state index in [4.69, 9.17) is 9.47 Å². The Kier molecular flexibility index (Phi) is 4.39. The Labute approximate surface area is 119 Å². The first-order valence-electron chi connectivity index (χ1n) is 7.42. The minimum atomic E-state index is -0.00653. The smallest absolute Gasteiger partial charge is 0.0933 e. The van der Waals surface area contributed by atoms with Gasteiger partial charge in [-0.05, 0) is 31.9 Å². The zero-order valence-electron chi connectivity index (χ0n) is 11.7. The van der Waals surface area contributed by atoms with Gasteiger partial charge in [-0.3, -0.25) is 4.90 Å². The minimum absolute atomic E-state index is 0.00653. The van der Waals surface area contributed by atoms with Crippen LogP contribution >= 0.6 is 11.8 Å². The summed E-state index contributed by atoms with van der Waals surface area (Å²) in [6.07, 6.45) is 3.47. The molecular formula is C14H25NO3S. The predicted octanol–water partition coefficient (Wildman–Crippen LogP) is 1.12. The number of hydrogen-bond acceptors (Lipinski definition) is 5. The second-order valence-electron chi connectivity index (χ2n) is 6.16. The Morgan fingerprint density at radius 2 is 2.37 bits per heavy atom. The molecule has 3 rings (SSSR count). The van der Waals surface area contributed by atoms with Crippen molar-refractivity contribution in [3.05, 3.63) is 0 Å². The van der Waals surface area contributed by atoms with Crippen molar-refractivity contribution in [2.45, 2.75) is 50.0 Å². The summed E-state index contributed by atoms with van der Waals surface area (Å²) >= 11 is 2.03. The molecule has 0 saturated carbocycles. The first-order valence-corrected chi connectivity index (χ1v) is 8.58. The van der Waals surface area contributed by atoms with Gasteiger partial charge >= 0.3 is 0 Å². The lowest BCUT2D eigenvalue weighted by molar-refractivity contribution is -0.133. The highest BCUT2D eigenvalue weighted by molar-refractivity contribution is 7.99. The van der Waals surface area contributed by atoms with Crippen molar-refractivity contribution in [1.29, 1.82) is 0 Å². The van der Waals surface area contributed by atoms with Crippen molar-refractivity contribution in [1.82, 2.24) is 4.90 Å². The first-order chi connectivity index (χ1) is 9.22. The lowest BCUT2D eigenvalue weighted by Gasteiger charge is -2.47. The SMILES string of the molecule is CC1COC(CO)CN1C1CCOC2(CCSC2)C1. The number of aliphatic hydroxyl groups is 1. The number of ether oxygens (including phenoxy) is 2. The van der Waals surface area contributed by atoms with E-state index < -0.39 is 0 Å². The predicted molar refractivity (Wildman–Crippen MR) is 76.6 cm³/mol. The topological polar surface area (TPSA) is 41.9 Å². The van der Waals surface area contributed by atoms with Gasteiger partial charge in [-0.25, -0.2) is 0 Å². The zero-order valence-corrected chi connectivity index (χ0v) is 12.5. The van der Waals surface area contributed by atoms with Gasteiger partial charge in [0.2, 0.25) is 0 Å². The summed E-state index contributed by atoms with van der Waals surface area (Å²) < 4.78 is 11.8. The number of rotatable bonds is 2. The third kappa shape index (κ3) is 2.95. The van der Waals surface area contributed by atoms with Crippen LogP contribution in [0, 0.1) is 0 Å². The van der Waals surface area contributed by atoms with Gasteiger partial charge in [-0.15, -0.1) is 0 Å². The molecule has 0 aliphatic carbocycles. The standard InChI is InChI=1S/C14H25NO3S/c1-11-9-17-13(8-16)7-15(11)12-2-4-18-14(6-12)3-5-19-10-14/h11-13,16H,2-10H2,1H3. The van der Waals surface area contributed by atoms with Crippen LogP contribution in [0.2, 0.25) is 0 Å². The highest BCUT2D eigenvalue weighted by Crippen LogP contribution is 2.40. The molecule has 0 aromatic rings. The van der Waals surface area contributed by atoms with Gasteiger partial charge in [0, 0.05) is 31.0 Å². The third-order valence-electron chi connectivity index (χ3n) is 4.76. The number of aliphatic hydroxyl groups excluding tert-OH is 1. The lowest BCUT2D eigenvalue weighted by Crippen LogP contribution is -2.57. The Morgan fingerprint density at radius 1 is 1.47 bits per heavy atom. The average Bonchev–Trinajstić information content (AvgIpc) is 2.87. The third-order valence-corrected chi connectivity index (χ3v) is 5.98. The second kappa shape index (κ2) is 5.90. The van der Waals surface area contributed by atoms with Gasteiger partial charge in [0.25, 0.3) is 0 Å². The number of thioether (sulfide) groups is 1. The maximum atomic E-state index is 9.32. The Bertz CT molecular complexity index is 309. The molecule has 110 valence electrons.